The fraction of sp³-hybridized carbons (Fsp3) is 0.478. The number of phenols is 1. The van der Waals surface area contributed by atoms with Gasteiger partial charge in [-0.25, -0.2) is 4.79 Å². The lowest BCUT2D eigenvalue weighted by molar-refractivity contribution is -0.143. The van der Waals surface area contributed by atoms with Crippen molar-refractivity contribution in [2.75, 3.05) is 6.54 Å². The predicted molar refractivity (Wildman–Crippen MR) is 132 cm³/mol. The van der Waals surface area contributed by atoms with Crippen LogP contribution in [0.4, 0.5) is 0 Å². The van der Waals surface area contributed by atoms with Crippen molar-refractivity contribution in [2.24, 2.45) is 17.2 Å². The Morgan fingerprint density at radius 3 is 1.82 bits per heavy atom. The molecular weight excluding hydrogens is 504 g/mol. The van der Waals surface area contributed by atoms with E-state index >= 15 is 0 Å². The highest BCUT2D eigenvalue weighted by Crippen LogP contribution is 2.12. The Bertz CT molecular complexity index is 1000. The number of nitrogens with one attached hydrogen (secondary N) is 3. The first kappa shape index (κ1) is 31.8. The summed E-state index contributed by atoms with van der Waals surface area (Å²) in [6, 6.07) is -0.323. The summed E-state index contributed by atoms with van der Waals surface area (Å²) < 4.78 is 0. The fourth-order valence-corrected chi connectivity index (χ4v) is 3.33. The van der Waals surface area contributed by atoms with Crippen molar-refractivity contribution in [3.63, 3.8) is 0 Å². The number of hydrogen-bond donors (Lipinski definition) is 9. The average molecular weight is 539 g/mol. The SMILES string of the molecule is NCCCCC(N)C(=O)NC(CC(=O)O)C(=O)NC(CC(N)=O)C(=O)NC(Cc1ccc(O)cc1)C(=O)O. The normalized spacial score (nSPS) is 13.8. The van der Waals surface area contributed by atoms with Gasteiger partial charge in [0.15, 0.2) is 0 Å². The topological polar surface area (TPSA) is 277 Å². The third kappa shape index (κ3) is 11.7. The zero-order valence-electron chi connectivity index (χ0n) is 20.6. The van der Waals surface area contributed by atoms with Gasteiger partial charge in [-0.05, 0) is 37.1 Å². The molecule has 0 fully saturated rings. The number of unbranched alkanes of at least 4 members (excludes halogenated alkanes) is 1. The van der Waals surface area contributed by atoms with E-state index in [0.29, 0.717) is 24.9 Å². The van der Waals surface area contributed by atoms with E-state index < -0.39 is 72.6 Å². The van der Waals surface area contributed by atoms with Crippen molar-refractivity contribution in [1.29, 1.82) is 0 Å². The number of aromatic hydroxyl groups is 1. The monoisotopic (exact) mass is 538 g/mol. The quantitative estimate of drug-likeness (QED) is 0.0918. The maximum Gasteiger partial charge on any atom is 0.326 e. The molecule has 4 unspecified atom stereocenters. The number of hydrogen-bond acceptors (Lipinski definition) is 9. The summed E-state index contributed by atoms with van der Waals surface area (Å²) >= 11 is 0. The highest BCUT2D eigenvalue weighted by atomic mass is 16.4. The van der Waals surface area contributed by atoms with Crippen LogP contribution in [0, 0.1) is 0 Å². The predicted octanol–water partition coefficient (Wildman–Crippen LogP) is -2.72. The Kier molecular flexibility index (Phi) is 13.2. The molecule has 0 heterocycles. The molecule has 15 heteroatoms. The summed E-state index contributed by atoms with van der Waals surface area (Å²) in [5.41, 5.74) is 16.8. The van der Waals surface area contributed by atoms with Crippen LogP contribution in [0.5, 0.6) is 5.75 Å². The molecule has 1 aromatic carbocycles. The van der Waals surface area contributed by atoms with Crippen molar-refractivity contribution in [3.8, 4) is 5.75 Å². The van der Waals surface area contributed by atoms with E-state index in [0.717, 1.165) is 0 Å². The number of carbonyl (C=O) groups is 6. The van der Waals surface area contributed by atoms with E-state index in [9.17, 15) is 44.1 Å². The molecule has 0 saturated carbocycles. The fourth-order valence-electron chi connectivity index (χ4n) is 3.33. The summed E-state index contributed by atoms with van der Waals surface area (Å²) in [4.78, 5) is 72.5. The summed E-state index contributed by atoms with van der Waals surface area (Å²) in [6.45, 7) is 0.388. The lowest BCUT2D eigenvalue weighted by Gasteiger charge is -2.24. The summed E-state index contributed by atoms with van der Waals surface area (Å²) in [5, 5.41) is 34.6. The molecule has 1 rings (SSSR count). The summed E-state index contributed by atoms with van der Waals surface area (Å²) in [7, 11) is 0. The van der Waals surface area contributed by atoms with Gasteiger partial charge >= 0.3 is 11.9 Å². The lowest BCUT2D eigenvalue weighted by atomic mass is 10.0. The Labute approximate surface area is 218 Å². The van der Waals surface area contributed by atoms with Crippen molar-refractivity contribution >= 4 is 35.6 Å². The molecule has 210 valence electrons. The number of carboxylic acids is 2. The molecule has 15 nitrogen and oxygen atoms in total. The Morgan fingerprint density at radius 1 is 0.789 bits per heavy atom. The average Bonchev–Trinajstić information content (AvgIpc) is 2.83. The van der Waals surface area contributed by atoms with Gasteiger partial charge in [0.25, 0.3) is 0 Å². The summed E-state index contributed by atoms with van der Waals surface area (Å²) in [5.74, 6) is -6.94. The van der Waals surface area contributed by atoms with Crippen molar-refractivity contribution < 1.29 is 44.1 Å². The van der Waals surface area contributed by atoms with E-state index in [1.807, 2.05) is 0 Å². The molecule has 0 radical (unpaired) electrons. The van der Waals surface area contributed by atoms with Gasteiger partial charge < -0.3 is 48.5 Å². The number of nitrogens with two attached hydrogens (primary N) is 3. The van der Waals surface area contributed by atoms with Gasteiger partial charge in [0, 0.05) is 6.42 Å². The second-order valence-electron chi connectivity index (χ2n) is 8.55. The molecule has 12 N–H and O–H groups in total. The van der Waals surface area contributed by atoms with Crippen LogP contribution in [0.15, 0.2) is 24.3 Å². The van der Waals surface area contributed by atoms with Gasteiger partial charge in [0.1, 0.15) is 23.9 Å². The van der Waals surface area contributed by atoms with Crippen LogP contribution in [0.3, 0.4) is 0 Å². The Balaban J connectivity index is 2.99. The number of primary amides is 1. The molecule has 4 amide bonds. The van der Waals surface area contributed by atoms with Gasteiger partial charge in [-0.2, -0.15) is 0 Å². The van der Waals surface area contributed by atoms with Crippen LogP contribution in [0.25, 0.3) is 0 Å². The molecule has 0 bridgehead atoms. The van der Waals surface area contributed by atoms with E-state index in [1.54, 1.807) is 0 Å². The van der Waals surface area contributed by atoms with Gasteiger partial charge in [-0.3, -0.25) is 24.0 Å². The maximum atomic E-state index is 12.8. The van der Waals surface area contributed by atoms with Gasteiger partial charge in [-0.15, -0.1) is 0 Å². The minimum absolute atomic E-state index is 0.0478. The molecule has 0 aliphatic rings. The number of amides is 4. The van der Waals surface area contributed by atoms with Crippen molar-refractivity contribution in [1.82, 2.24) is 16.0 Å². The maximum absolute atomic E-state index is 12.8. The number of carboxylic acid groups (broad SMARTS) is 2. The minimum atomic E-state index is -1.67. The first-order chi connectivity index (χ1) is 17.8. The lowest BCUT2D eigenvalue weighted by Crippen LogP contribution is -2.58. The molecule has 0 aliphatic heterocycles. The van der Waals surface area contributed by atoms with Gasteiger partial charge in [0.05, 0.1) is 18.9 Å². The van der Waals surface area contributed by atoms with Crippen molar-refractivity contribution in [2.45, 2.75) is 62.7 Å². The van der Waals surface area contributed by atoms with Crippen molar-refractivity contribution in [3.05, 3.63) is 29.8 Å². The van der Waals surface area contributed by atoms with Gasteiger partial charge in [-0.1, -0.05) is 18.6 Å². The zero-order valence-corrected chi connectivity index (χ0v) is 20.6. The van der Waals surface area contributed by atoms with E-state index in [-0.39, 0.29) is 18.6 Å². The summed E-state index contributed by atoms with van der Waals surface area (Å²) in [6.07, 6.45) is -0.441. The molecular formula is C23H34N6O9. The number of rotatable bonds is 17. The standard InChI is InChI=1S/C23H34N6O9/c24-8-2-1-3-14(25)20(34)27-16(11-19(32)33)22(36)28-15(10-18(26)31)21(35)29-17(23(37)38)9-12-4-6-13(30)7-5-12/h4-7,14-17,30H,1-3,8-11,24-25H2,(H2,26,31)(H,27,34)(H,28,36)(H,29,35)(H,32,33)(H,37,38). The molecule has 38 heavy (non-hydrogen) atoms. The van der Waals surface area contributed by atoms with Crippen LogP contribution in [-0.4, -0.2) is 81.6 Å². The van der Waals surface area contributed by atoms with Crippen LogP contribution in [-0.2, 0) is 35.2 Å². The van der Waals surface area contributed by atoms with Gasteiger partial charge in [0.2, 0.25) is 23.6 Å². The number of carbonyl (C=O) groups excluding carboxylic acids is 4. The molecule has 0 saturated heterocycles. The highest BCUT2D eigenvalue weighted by Gasteiger charge is 2.32. The molecule has 0 aromatic heterocycles. The van der Waals surface area contributed by atoms with Crippen LogP contribution in [0.1, 0.15) is 37.7 Å². The number of aliphatic carboxylic acids is 2. The van der Waals surface area contributed by atoms with Crippen LogP contribution in [0.2, 0.25) is 0 Å². The smallest absolute Gasteiger partial charge is 0.326 e. The first-order valence-corrected chi connectivity index (χ1v) is 11.7. The third-order valence-electron chi connectivity index (χ3n) is 5.35. The highest BCUT2D eigenvalue weighted by molar-refractivity contribution is 5.97. The second kappa shape index (κ2) is 15.8. The van der Waals surface area contributed by atoms with Crippen LogP contribution >= 0.6 is 0 Å². The molecule has 4 atom stereocenters. The minimum Gasteiger partial charge on any atom is -0.508 e. The Hall–Kier alpha value is -4.24. The second-order valence-corrected chi connectivity index (χ2v) is 8.55. The third-order valence-corrected chi connectivity index (χ3v) is 5.35. The largest absolute Gasteiger partial charge is 0.508 e. The van der Waals surface area contributed by atoms with E-state index in [4.69, 9.17) is 17.2 Å². The molecule has 0 spiro atoms. The van der Waals surface area contributed by atoms with E-state index in [1.165, 1.54) is 24.3 Å². The van der Waals surface area contributed by atoms with E-state index in [2.05, 4.69) is 16.0 Å². The zero-order chi connectivity index (χ0) is 28.8. The Morgan fingerprint density at radius 2 is 1.32 bits per heavy atom. The first-order valence-electron chi connectivity index (χ1n) is 11.7. The van der Waals surface area contributed by atoms with Crippen LogP contribution < -0.4 is 33.2 Å². The molecule has 0 aliphatic carbocycles. The molecule has 1 aromatic rings. The number of benzene rings is 1. The number of phenolic OH excluding ortho intramolecular Hbond substituents is 1.